The molecular formula is C18H25N5O2. The highest BCUT2D eigenvalue weighted by atomic mass is 16.3. The third-order valence-electron chi connectivity index (χ3n) is 4.52. The van der Waals surface area contributed by atoms with E-state index in [0.29, 0.717) is 19.4 Å². The second-order valence-corrected chi connectivity index (χ2v) is 6.62. The van der Waals surface area contributed by atoms with Gasteiger partial charge in [-0.3, -0.25) is 4.79 Å². The number of pyridine rings is 1. The number of aryl methyl sites for hydroxylation is 1. The van der Waals surface area contributed by atoms with Gasteiger partial charge in [-0.25, -0.2) is 9.97 Å². The molecule has 0 saturated carbocycles. The van der Waals surface area contributed by atoms with E-state index >= 15 is 0 Å². The summed E-state index contributed by atoms with van der Waals surface area (Å²) in [6.07, 6.45) is 9.87. The maximum Gasteiger partial charge on any atom is 0.220 e. The van der Waals surface area contributed by atoms with Crippen molar-refractivity contribution in [3.63, 3.8) is 0 Å². The molecule has 3 rings (SSSR count). The lowest BCUT2D eigenvalue weighted by Gasteiger charge is -2.39. The number of rotatable bonds is 7. The summed E-state index contributed by atoms with van der Waals surface area (Å²) in [5, 5.41) is 13.7. The number of nitrogens with zero attached hydrogens (tertiary/aromatic N) is 4. The maximum atomic E-state index is 12.0. The van der Waals surface area contributed by atoms with Gasteiger partial charge in [0.05, 0.1) is 11.9 Å². The predicted molar refractivity (Wildman–Crippen MR) is 95.1 cm³/mol. The predicted octanol–water partition coefficient (Wildman–Crippen LogP) is 1.21. The van der Waals surface area contributed by atoms with Gasteiger partial charge < -0.3 is 19.9 Å². The van der Waals surface area contributed by atoms with E-state index in [1.165, 1.54) is 0 Å². The number of imidazole rings is 1. The van der Waals surface area contributed by atoms with Crippen molar-refractivity contribution in [2.75, 3.05) is 24.5 Å². The number of carbonyl (C=O) groups excluding carboxylic acids is 1. The minimum Gasteiger partial charge on any atom is -0.386 e. The monoisotopic (exact) mass is 343 g/mol. The van der Waals surface area contributed by atoms with Crippen LogP contribution in [0.15, 0.2) is 43.1 Å². The van der Waals surface area contributed by atoms with Crippen LogP contribution in [0, 0.1) is 0 Å². The highest BCUT2D eigenvalue weighted by Crippen LogP contribution is 2.24. The van der Waals surface area contributed by atoms with Crippen LogP contribution in [0.5, 0.6) is 0 Å². The van der Waals surface area contributed by atoms with E-state index in [0.717, 1.165) is 31.7 Å². The van der Waals surface area contributed by atoms with Gasteiger partial charge in [-0.05, 0) is 31.4 Å². The molecule has 0 spiro atoms. The van der Waals surface area contributed by atoms with Crippen molar-refractivity contribution in [3.8, 4) is 0 Å². The largest absolute Gasteiger partial charge is 0.386 e. The molecule has 1 amide bonds. The van der Waals surface area contributed by atoms with E-state index in [1.807, 2.05) is 29.0 Å². The number of anilines is 1. The summed E-state index contributed by atoms with van der Waals surface area (Å²) < 4.78 is 1.95. The minimum atomic E-state index is -0.907. The van der Waals surface area contributed by atoms with Gasteiger partial charge >= 0.3 is 0 Å². The topological polar surface area (TPSA) is 83.3 Å². The molecule has 0 unspecified atom stereocenters. The Labute approximate surface area is 147 Å². The van der Waals surface area contributed by atoms with Crippen LogP contribution in [0.25, 0.3) is 0 Å². The normalized spacial score (nSPS) is 20.4. The standard InChI is InChI=1S/C18H25N5O2/c24-17(6-3-10-22-12-9-19-15-22)21-13-18(25)7-4-11-23(14-18)16-5-1-2-8-20-16/h1-2,5,8-9,12,15,25H,3-4,6-7,10-11,13-14H2,(H,21,24)/t18-/m1/s1. The molecule has 0 radical (unpaired) electrons. The van der Waals surface area contributed by atoms with E-state index in [9.17, 15) is 9.90 Å². The molecule has 2 N–H and O–H groups in total. The zero-order valence-corrected chi connectivity index (χ0v) is 14.3. The van der Waals surface area contributed by atoms with Crippen LogP contribution >= 0.6 is 0 Å². The average Bonchev–Trinajstić information content (AvgIpc) is 3.14. The van der Waals surface area contributed by atoms with Gasteiger partial charge in [0.2, 0.25) is 5.91 Å². The summed E-state index contributed by atoms with van der Waals surface area (Å²) in [6.45, 7) is 2.41. The molecule has 0 aromatic carbocycles. The molecule has 1 aliphatic heterocycles. The van der Waals surface area contributed by atoms with Crippen molar-refractivity contribution in [1.82, 2.24) is 19.9 Å². The van der Waals surface area contributed by atoms with E-state index in [4.69, 9.17) is 0 Å². The number of piperidine rings is 1. The van der Waals surface area contributed by atoms with Gasteiger partial charge in [-0.2, -0.15) is 0 Å². The van der Waals surface area contributed by atoms with Crippen molar-refractivity contribution < 1.29 is 9.90 Å². The highest BCUT2D eigenvalue weighted by molar-refractivity contribution is 5.75. The number of hydrogen-bond donors (Lipinski definition) is 2. The molecule has 7 nitrogen and oxygen atoms in total. The number of aliphatic hydroxyl groups is 1. The number of aromatic nitrogens is 3. The fourth-order valence-corrected chi connectivity index (χ4v) is 3.19. The van der Waals surface area contributed by atoms with E-state index in [2.05, 4.69) is 20.2 Å². The number of carbonyl (C=O) groups is 1. The second-order valence-electron chi connectivity index (χ2n) is 6.62. The SMILES string of the molecule is O=C(CCCn1ccnc1)NC[C@]1(O)CCCN(c2ccccn2)C1. The number of nitrogens with one attached hydrogen (secondary N) is 1. The Bertz CT molecular complexity index is 661. The van der Waals surface area contributed by atoms with E-state index in [-0.39, 0.29) is 12.5 Å². The molecule has 1 fully saturated rings. The first-order chi connectivity index (χ1) is 12.1. The van der Waals surface area contributed by atoms with Crippen molar-refractivity contribution in [1.29, 1.82) is 0 Å². The summed E-state index contributed by atoms with van der Waals surface area (Å²) in [4.78, 5) is 22.4. The van der Waals surface area contributed by atoms with Crippen LogP contribution in [0.3, 0.4) is 0 Å². The Balaban J connectivity index is 1.44. The fourth-order valence-electron chi connectivity index (χ4n) is 3.19. The van der Waals surface area contributed by atoms with Gasteiger partial charge in [0.1, 0.15) is 5.82 Å². The molecule has 25 heavy (non-hydrogen) atoms. The van der Waals surface area contributed by atoms with E-state index < -0.39 is 5.60 Å². The van der Waals surface area contributed by atoms with Gasteiger partial charge in [0.15, 0.2) is 0 Å². The molecule has 3 heterocycles. The van der Waals surface area contributed by atoms with Crippen molar-refractivity contribution in [3.05, 3.63) is 43.1 Å². The van der Waals surface area contributed by atoms with E-state index in [1.54, 1.807) is 18.7 Å². The number of β-amino-alcohol motifs (C(OH)–C–C–N with tert-alkyl or cyclic N) is 1. The summed E-state index contributed by atoms with van der Waals surface area (Å²) in [5.74, 6) is 0.843. The molecule has 2 aromatic rings. The van der Waals surface area contributed by atoms with Gasteiger partial charge in [0, 0.05) is 51.2 Å². The zero-order valence-electron chi connectivity index (χ0n) is 14.3. The summed E-state index contributed by atoms with van der Waals surface area (Å²) >= 11 is 0. The smallest absolute Gasteiger partial charge is 0.220 e. The fraction of sp³-hybridized carbons (Fsp3) is 0.500. The molecule has 0 aliphatic carbocycles. The number of hydrogen-bond acceptors (Lipinski definition) is 5. The third kappa shape index (κ3) is 5.03. The highest BCUT2D eigenvalue weighted by Gasteiger charge is 2.34. The molecule has 134 valence electrons. The lowest BCUT2D eigenvalue weighted by molar-refractivity contribution is -0.122. The molecule has 1 aliphatic rings. The Morgan fingerprint density at radius 3 is 3.04 bits per heavy atom. The molecule has 2 aromatic heterocycles. The first kappa shape index (κ1) is 17.4. The Kier molecular flexibility index (Phi) is 5.65. The van der Waals surface area contributed by atoms with Crippen LogP contribution in [0.1, 0.15) is 25.7 Å². The van der Waals surface area contributed by atoms with Crippen LogP contribution in [0.2, 0.25) is 0 Å². The quantitative estimate of drug-likeness (QED) is 0.789. The zero-order chi connectivity index (χ0) is 17.5. The summed E-state index contributed by atoms with van der Waals surface area (Å²) in [5.41, 5.74) is -0.907. The maximum absolute atomic E-state index is 12.0. The number of amides is 1. The van der Waals surface area contributed by atoms with Gasteiger partial charge in [0.25, 0.3) is 0 Å². The van der Waals surface area contributed by atoms with Gasteiger partial charge in [-0.15, -0.1) is 0 Å². The van der Waals surface area contributed by atoms with Gasteiger partial charge in [-0.1, -0.05) is 6.07 Å². The first-order valence-electron chi connectivity index (χ1n) is 8.75. The molecule has 0 bridgehead atoms. The summed E-state index contributed by atoms with van der Waals surface area (Å²) in [6, 6.07) is 5.77. The molecule has 7 heteroatoms. The Morgan fingerprint density at radius 1 is 1.36 bits per heavy atom. The van der Waals surface area contributed by atoms with Crippen LogP contribution in [0.4, 0.5) is 5.82 Å². The first-order valence-corrected chi connectivity index (χ1v) is 8.75. The molecule has 1 atom stereocenters. The average molecular weight is 343 g/mol. The van der Waals surface area contributed by atoms with Crippen LogP contribution in [-0.4, -0.2) is 50.8 Å². The van der Waals surface area contributed by atoms with Crippen molar-refractivity contribution in [2.24, 2.45) is 0 Å². The Hall–Kier alpha value is -2.41. The minimum absolute atomic E-state index is 0.0245. The third-order valence-corrected chi connectivity index (χ3v) is 4.52. The van der Waals surface area contributed by atoms with Crippen molar-refractivity contribution >= 4 is 11.7 Å². The molecule has 1 saturated heterocycles. The molecular weight excluding hydrogens is 318 g/mol. The lowest BCUT2D eigenvalue weighted by Crippen LogP contribution is -2.54. The summed E-state index contributed by atoms with van der Waals surface area (Å²) in [7, 11) is 0. The van der Waals surface area contributed by atoms with Crippen LogP contribution < -0.4 is 10.2 Å². The Morgan fingerprint density at radius 2 is 2.28 bits per heavy atom. The second kappa shape index (κ2) is 8.11. The van der Waals surface area contributed by atoms with Crippen molar-refractivity contribution in [2.45, 2.75) is 37.8 Å². The lowest BCUT2D eigenvalue weighted by atomic mass is 9.92. The van der Waals surface area contributed by atoms with Crippen LogP contribution in [-0.2, 0) is 11.3 Å².